The first-order valence-corrected chi connectivity index (χ1v) is 5.69. The third-order valence-electron chi connectivity index (χ3n) is 2.80. The summed E-state index contributed by atoms with van der Waals surface area (Å²) < 4.78 is 32.6. The molecule has 0 aliphatic carbocycles. The van der Waals surface area contributed by atoms with Crippen LogP contribution in [0.2, 0.25) is 0 Å². The van der Waals surface area contributed by atoms with E-state index < -0.39 is 6.43 Å². The quantitative estimate of drug-likeness (QED) is 0.845. The van der Waals surface area contributed by atoms with Crippen molar-refractivity contribution in [3.63, 3.8) is 0 Å². The SMILES string of the molecule is CNCc1nnn(CC2CCCO2)c1C(F)F. The Kier molecular flexibility index (Phi) is 4.01. The fourth-order valence-corrected chi connectivity index (χ4v) is 2.00. The molecular weight excluding hydrogens is 230 g/mol. The summed E-state index contributed by atoms with van der Waals surface area (Å²) in [5.74, 6) is 0. The molecule has 0 spiro atoms. The molecule has 0 saturated carbocycles. The molecule has 96 valence electrons. The molecule has 1 aromatic rings. The van der Waals surface area contributed by atoms with Gasteiger partial charge >= 0.3 is 0 Å². The largest absolute Gasteiger partial charge is 0.376 e. The highest BCUT2D eigenvalue weighted by Gasteiger charge is 2.24. The summed E-state index contributed by atoms with van der Waals surface area (Å²) in [7, 11) is 1.69. The van der Waals surface area contributed by atoms with E-state index in [1.165, 1.54) is 4.68 Å². The molecule has 1 aliphatic rings. The molecule has 1 saturated heterocycles. The smallest absolute Gasteiger partial charge is 0.281 e. The van der Waals surface area contributed by atoms with E-state index in [4.69, 9.17) is 4.74 Å². The van der Waals surface area contributed by atoms with E-state index in [1.807, 2.05) is 0 Å². The van der Waals surface area contributed by atoms with Gasteiger partial charge in [-0.25, -0.2) is 13.5 Å². The van der Waals surface area contributed by atoms with Crippen LogP contribution in [0.25, 0.3) is 0 Å². The summed E-state index contributed by atoms with van der Waals surface area (Å²) in [5.41, 5.74) is 0.204. The third kappa shape index (κ3) is 2.78. The summed E-state index contributed by atoms with van der Waals surface area (Å²) in [6.07, 6.45) is -0.706. The van der Waals surface area contributed by atoms with E-state index in [1.54, 1.807) is 7.05 Å². The van der Waals surface area contributed by atoms with Crippen LogP contribution in [0.4, 0.5) is 8.78 Å². The van der Waals surface area contributed by atoms with Crippen molar-refractivity contribution in [2.45, 2.75) is 38.5 Å². The van der Waals surface area contributed by atoms with Gasteiger partial charge in [-0.2, -0.15) is 0 Å². The number of hydrogen-bond donors (Lipinski definition) is 1. The van der Waals surface area contributed by atoms with Gasteiger partial charge in [0, 0.05) is 13.2 Å². The van der Waals surface area contributed by atoms with Crippen LogP contribution in [-0.2, 0) is 17.8 Å². The van der Waals surface area contributed by atoms with E-state index in [9.17, 15) is 8.78 Å². The Morgan fingerprint density at radius 2 is 2.41 bits per heavy atom. The molecular formula is C10H16F2N4O. The van der Waals surface area contributed by atoms with E-state index >= 15 is 0 Å². The van der Waals surface area contributed by atoms with Gasteiger partial charge in [-0.15, -0.1) is 5.10 Å². The van der Waals surface area contributed by atoms with E-state index in [2.05, 4.69) is 15.6 Å². The number of hydrogen-bond acceptors (Lipinski definition) is 4. The minimum atomic E-state index is -2.56. The lowest BCUT2D eigenvalue weighted by molar-refractivity contribution is 0.0850. The predicted octanol–water partition coefficient (Wildman–Crippen LogP) is 1.11. The van der Waals surface area contributed by atoms with Crippen molar-refractivity contribution in [3.05, 3.63) is 11.4 Å². The Morgan fingerprint density at radius 1 is 1.59 bits per heavy atom. The maximum absolute atomic E-state index is 12.9. The average molecular weight is 246 g/mol. The monoisotopic (exact) mass is 246 g/mol. The van der Waals surface area contributed by atoms with Crippen LogP contribution in [0.1, 0.15) is 30.7 Å². The van der Waals surface area contributed by atoms with Crippen molar-refractivity contribution in [1.29, 1.82) is 0 Å². The van der Waals surface area contributed by atoms with Gasteiger partial charge in [-0.3, -0.25) is 0 Å². The zero-order valence-corrected chi connectivity index (χ0v) is 9.70. The molecule has 0 bridgehead atoms. The number of alkyl halides is 2. The van der Waals surface area contributed by atoms with Crippen molar-refractivity contribution in [2.75, 3.05) is 13.7 Å². The zero-order chi connectivity index (χ0) is 12.3. The Hall–Kier alpha value is -1.08. The second-order valence-electron chi connectivity index (χ2n) is 4.07. The summed E-state index contributed by atoms with van der Waals surface area (Å²) in [6.45, 7) is 1.36. The Balaban J connectivity index is 2.14. The van der Waals surface area contributed by atoms with Crippen molar-refractivity contribution < 1.29 is 13.5 Å². The molecule has 1 unspecified atom stereocenters. The van der Waals surface area contributed by atoms with Crippen LogP contribution >= 0.6 is 0 Å². The van der Waals surface area contributed by atoms with Gasteiger partial charge in [0.05, 0.1) is 12.6 Å². The lowest BCUT2D eigenvalue weighted by Gasteiger charge is -2.11. The molecule has 5 nitrogen and oxygen atoms in total. The lowest BCUT2D eigenvalue weighted by atomic mass is 10.2. The second-order valence-corrected chi connectivity index (χ2v) is 4.07. The highest BCUT2D eigenvalue weighted by molar-refractivity contribution is 5.11. The zero-order valence-electron chi connectivity index (χ0n) is 9.70. The molecule has 1 aliphatic heterocycles. The first-order valence-electron chi connectivity index (χ1n) is 5.69. The van der Waals surface area contributed by atoms with Crippen molar-refractivity contribution in [1.82, 2.24) is 20.3 Å². The minimum absolute atomic E-state index is 0.0170. The molecule has 0 amide bonds. The predicted molar refractivity (Wildman–Crippen MR) is 56.7 cm³/mol. The fourth-order valence-electron chi connectivity index (χ4n) is 2.00. The molecule has 17 heavy (non-hydrogen) atoms. The molecule has 1 aromatic heterocycles. The number of rotatable bonds is 5. The fraction of sp³-hybridized carbons (Fsp3) is 0.800. The average Bonchev–Trinajstić information content (AvgIpc) is 2.89. The number of ether oxygens (including phenoxy) is 1. The van der Waals surface area contributed by atoms with Crippen LogP contribution in [0.5, 0.6) is 0 Å². The van der Waals surface area contributed by atoms with Crippen LogP contribution in [0, 0.1) is 0 Å². The number of nitrogens with one attached hydrogen (secondary N) is 1. The number of halogens is 2. The molecule has 2 heterocycles. The molecule has 0 aromatic carbocycles. The molecule has 1 atom stereocenters. The van der Waals surface area contributed by atoms with Gasteiger partial charge in [0.15, 0.2) is 0 Å². The standard InChI is InChI=1S/C10H16F2N4O/c1-13-5-8-9(10(11)12)16(15-14-8)6-7-3-2-4-17-7/h7,10,13H,2-6H2,1H3. The molecule has 1 N–H and O–H groups in total. The summed E-state index contributed by atoms with van der Waals surface area (Å²) in [5, 5.41) is 10.4. The van der Waals surface area contributed by atoms with E-state index in [-0.39, 0.29) is 11.8 Å². The first kappa shape index (κ1) is 12.4. The van der Waals surface area contributed by atoms with Gasteiger partial charge in [0.25, 0.3) is 6.43 Å². The molecule has 0 radical (unpaired) electrons. The van der Waals surface area contributed by atoms with Crippen molar-refractivity contribution in [2.24, 2.45) is 0 Å². The summed E-state index contributed by atoms with van der Waals surface area (Å²) in [4.78, 5) is 0. The Labute approximate surface area is 98.1 Å². The van der Waals surface area contributed by atoms with Crippen LogP contribution < -0.4 is 5.32 Å². The van der Waals surface area contributed by atoms with Crippen molar-refractivity contribution >= 4 is 0 Å². The second kappa shape index (κ2) is 5.50. The maximum atomic E-state index is 12.9. The highest BCUT2D eigenvalue weighted by Crippen LogP contribution is 2.23. The lowest BCUT2D eigenvalue weighted by Crippen LogP contribution is -2.19. The van der Waals surface area contributed by atoms with Gasteiger partial charge in [-0.1, -0.05) is 5.21 Å². The van der Waals surface area contributed by atoms with Crippen LogP contribution in [0.15, 0.2) is 0 Å². The first-order chi connectivity index (χ1) is 8.22. The maximum Gasteiger partial charge on any atom is 0.281 e. The van der Waals surface area contributed by atoms with Gasteiger partial charge in [0.1, 0.15) is 11.4 Å². The topological polar surface area (TPSA) is 52.0 Å². The molecule has 1 fully saturated rings. The van der Waals surface area contributed by atoms with E-state index in [0.717, 1.165) is 12.8 Å². The highest BCUT2D eigenvalue weighted by atomic mass is 19.3. The van der Waals surface area contributed by atoms with Crippen LogP contribution in [0.3, 0.4) is 0 Å². The van der Waals surface area contributed by atoms with Gasteiger partial charge in [0.2, 0.25) is 0 Å². The van der Waals surface area contributed by atoms with Crippen LogP contribution in [-0.4, -0.2) is 34.8 Å². The van der Waals surface area contributed by atoms with Crippen molar-refractivity contribution in [3.8, 4) is 0 Å². The van der Waals surface area contributed by atoms with E-state index in [0.29, 0.717) is 25.4 Å². The number of nitrogens with zero attached hydrogens (tertiary/aromatic N) is 3. The summed E-state index contributed by atoms with van der Waals surface area (Å²) >= 11 is 0. The Morgan fingerprint density at radius 3 is 3.00 bits per heavy atom. The third-order valence-corrected chi connectivity index (χ3v) is 2.80. The summed E-state index contributed by atoms with van der Waals surface area (Å²) in [6, 6.07) is 0. The molecule has 7 heteroatoms. The normalized spacial score (nSPS) is 20.4. The minimum Gasteiger partial charge on any atom is -0.376 e. The van der Waals surface area contributed by atoms with Gasteiger partial charge in [-0.05, 0) is 19.9 Å². The van der Waals surface area contributed by atoms with Gasteiger partial charge < -0.3 is 10.1 Å². The number of aromatic nitrogens is 3. The molecule has 2 rings (SSSR count). The Bertz CT molecular complexity index is 363.